The van der Waals surface area contributed by atoms with Gasteiger partial charge in [-0.3, -0.25) is 9.59 Å². The molecule has 2 N–H and O–H groups in total. The normalized spacial score (nSPS) is 25.0. The first-order valence-corrected chi connectivity index (χ1v) is 9.87. The predicted molar refractivity (Wildman–Crippen MR) is 107 cm³/mol. The fourth-order valence-corrected chi connectivity index (χ4v) is 5.54. The maximum absolute atomic E-state index is 12.9. The Bertz CT molecular complexity index is 960. The fourth-order valence-electron chi connectivity index (χ4n) is 3.91. The van der Waals surface area contributed by atoms with E-state index in [2.05, 4.69) is 5.32 Å². The molecule has 2 aliphatic rings. The Balaban J connectivity index is 1.57. The number of amides is 2. The third kappa shape index (κ3) is 2.86. The van der Waals surface area contributed by atoms with Crippen molar-refractivity contribution in [3.8, 4) is 11.1 Å². The van der Waals surface area contributed by atoms with Crippen molar-refractivity contribution in [3.63, 3.8) is 0 Å². The average Bonchev–Trinajstić information content (AvgIpc) is 2.94. The summed E-state index contributed by atoms with van der Waals surface area (Å²) in [5.74, 6) is -1.71. The zero-order valence-electron chi connectivity index (χ0n) is 15.5. The number of thioether (sulfide) groups is 1. The van der Waals surface area contributed by atoms with Crippen molar-refractivity contribution < 1.29 is 19.5 Å². The topological polar surface area (TPSA) is 86.7 Å². The maximum Gasteiger partial charge on any atom is 0.327 e. The van der Waals surface area contributed by atoms with E-state index in [9.17, 15) is 19.5 Å². The molecule has 2 heterocycles. The van der Waals surface area contributed by atoms with Crippen LogP contribution in [0.25, 0.3) is 11.1 Å². The van der Waals surface area contributed by atoms with E-state index in [0.717, 1.165) is 11.1 Å². The van der Waals surface area contributed by atoms with E-state index in [1.165, 1.54) is 16.7 Å². The van der Waals surface area contributed by atoms with Crippen molar-refractivity contribution in [2.45, 2.75) is 36.1 Å². The van der Waals surface area contributed by atoms with Crippen LogP contribution in [0.5, 0.6) is 0 Å². The molecule has 2 aliphatic heterocycles. The number of carbonyl (C=O) groups is 3. The van der Waals surface area contributed by atoms with Gasteiger partial charge in [-0.2, -0.15) is 0 Å². The Kier molecular flexibility index (Phi) is 4.42. The summed E-state index contributed by atoms with van der Waals surface area (Å²) < 4.78 is -0.617. The van der Waals surface area contributed by atoms with Crippen LogP contribution in [0.1, 0.15) is 24.2 Å². The number of benzene rings is 2. The van der Waals surface area contributed by atoms with Crippen molar-refractivity contribution in [2.75, 3.05) is 0 Å². The van der Waals surface area contributed by atoms with E-state index in [-0.39, 0.29) is 17.2 Å². The minimum absolute atomic E-state index is 0.338. The molecule has 0 aliphatic carbocycles. The second-order valence-corrected chi connectivity index (χ2v) is 9.23. The van der Waals surface area contributed by atoms with Crippen LogP contribution in [0, 0.1) is 0 Å². The van der Waals surface area contributed by atoms with E-state index >= 15 is 0 Å². The Hall–Kier alpha value is -2.80. The first-order valence-electron chi connectivity index (χ1n) is 8.99. The Morgan fingerprint density at radius 3 is 2.39 bits per heavy atom. The van der Waals surface area contributed by atoms with Gasteiger partial charge in [0.25, 0.3) is 5.91 Å². The lowest BCUT2D eigenvalue weighted by molar-refractivity contribution is -0.159. The van der Waals surface area contributed by atoms with Crippen molar-refractivity contribution >= 4 is 29.5 Å². The highest BCUT2D eigenvalue weighted by Crippen LogP contribution is 2.50. The largest absolute Gasteiger partial charge is 0.480 e. The van der Waals surface area contributed by atoms with Gasteiger partial charge in [-0.25, -0.2) is 4.79 Å². The van der Waals surface area contributed by atoms with E-state index in [1.807, 2.05) is 56.3 Å². The molecule has 2 aromatic rings. The number of carbonyl (C=O) groups excluding carboxylic acids is 2. The van der Waals surface area contributed by atoms with Crippen LogP contribution < -0.4 is 5.32 Å². The molecule has 2 aromatic carbocycles. The highest BCUT2D eigenvalue weighted by Gasteiger charge is 2.64. The van der Waals surface area contributed by atoms with Gasteiger partial charge in [-0.1, -0.05) is 48.5 Å². The third-order valence-electron chi connectivity index (χ3n) is 5.22. The van der Waals surface area contributed by atoms with Gasteiger partial charge in [-0.15, -0.1) is 11.8 Å². The lowest BCUT2D eigenvalue weighted by atomic mass is 9.95. The molecule has 28 heavy (non-hydrogen) atoms. The van der Waals surface area contributed by atoms with Gasteiger partial charge in [0.2, 0.25) is 5.91 Å². The van der Waals surface area contributed by atoms with Crippen molar-refractivity contribution in [1.82, 2.24) is 10.2 Å². The van der Waals surface area contributed by atoms with E-state index < -0.39 is 22.8 Å². The van der Waals surface area contributed by atoms with Crippen LogP contribution in [0.3, 0.4) is 0 Å². The summed E-state index contributed by atoms with van der Waals surface area (Å²) in [6.45, 7) is 3.62. The molecule has 2 fully saturated rings. The standard InChI is InChI=1S/C21H20N2O4S/c1-21(2)16(20(26)27)23-18(25)15(19(23)28-21)22-17(24)14-11-7-6-10-13(14)12-8-4-3-5-9-12/h3-11,15-16,19H,1-2H3,(H,22,24)(H,26,27)/t15?,16-,19+/m0/s1. The van der Waals surface area contributed by atoms with Gasteiger partial charge >= 0.3 is 5.97 Å². The number of hydrogen-bond donors (Lipinski definition) is 2. The van der Waals surface area contributed by atoms with Crippen LogP contribution >= 0.6 is 11.8 Å². The van der Waals surface area contributed by atoms with Crippen LogP contribution in [-0.4, -0.2) is 50.0 Å². The van der Waals surface area contributed by atoms with E-state index in [4.69, 9.17) is 0 Å². The fraction of sp³-hybridized carbons (Fsp3) is 0.286. The number of β-lactam (4-membered cyclic amide) rings is 1. The summed E-state index contributed by atoms with van der Waals surface area (Å²) in [7, 11) is 0. The van der Waals surface area contributed by atoms with Gasteiger partial charge in [0, 0.05) is 10.3 Å². The molecule has 0 bridgehead atoms. The Labute approximate surface area is 166 Å². The van der Waals surface area contributed by atoms with Gasteiger partial charge < -0.3 is 15.3 Å². The molecule has 7 heteroatoms. The summed E-state index contributed by atoms with van der Waals surface area (Å²) in [6, 6.07) is 15.2. The molecule has 2 amide bonds. The Morgan fingerprint density at radius 1 is 1.07 bits per heavy atom. The lowest BCUT2D eigenvalue weighted by Crippen LogP contribution is -2.70. The minimum atomic E-state index is -1.02. The summed E-state index contributed by atoms with van der Waals surface area (Å²) in [5, 5.41) is 12.0. The maximum atomic E-state index is 12.9. The molecule has 2 saturated heterocycles. The SMILES string of the molecule is CC1(C)S[C@@H]2C(NC(=O)c3ccccc3-c3ccccc3)C(=O)N2[C@H]1C(=O)O. The van der Waals surface area contributed by atoms with Crippen molar-refractivity contribution in [2.24, 2.45) is 0 Å². The van der Waals surface area contributed by atoms with E-state index in [1.54, 1.807) is 12.1 Å². The smallest absolute Gasteiger partial charge is 0.327 e. The first kappa shape index (κ1) is 18.6. The Morgan fingerprint density at radius 2 is 1.71 bits per heavy atom. The molecule has 1 unspecified atom stereocenters. The highest BCUT2D eigenvalue weighted by molar-refractivity contribution is 8.01. The number of fused-ring (bicyclic) bond motifs is 1. The quantitative estimate of drug-likeness (QED) is 0.776. The zero-order valence-corrected chi connectivity index (χ0v) is 16.3. The molecule has 6 nitrogen and oxygen atoms in total. The van der Waals surface area contributed by atoms with Crippen LogP contribution in [0.15, 0.2) is 54.6 Å². The third-order valence-corrected chi connectivity index (χ3v) is 6.79. The number of nitrogens with zero attached hydrogens (tertiary/aromatic N) is 1. The monoisotopic (exact) mass is 396 g/mol. The van der Waals surface area contributed by atoms with Crippen molar-refractivity contribution in [1.29, 1.82) is 0 Å². The van der Waals surface area contributed by atoms with Crippen molar-refractivity contribution in [3.05, 3.63) is 60.2 Å². The molecule has 0 radical (unpaired) electrons. The van der Waals surface area contributed by atoms with Gasteiger partial charge in [0.15, 0.2) is 0 Å². The minimum Gasteiger partial charge on any atom is -0.480 e. The second kappa shape index (κ2) is 6.67. The number of nitrogens with one attached hydrogen (secondary N) is 1. The zero-order chi connectivity index (χ0) is 20.1. The summed E-state index contributed by atoms with van der Waals surface area (Å²) in [4.78, 5) is 38.5. The van der Waals surface area contributed by atoms with Crippen LogP contribution in [-0.2, 0) is 9.59 Å². The molecule has 0 spiro atoms. The van der Waals surface area contributed by atoms with E-state index in [0.29, 0.717) is 5.56 Å². The van der Waals surface area contributed by atoms with Crippen LogP contribution in [0.4, 0.5) is 0 Å². The molecule has 0 aromatic heterocycles. The van der Waals surface area contributed by atoms with Crippen LogP contribution in [0.2, 0.25) is 0 Å². The average molecular weight is 396 g/mol. The number of rotatable bonds is 4. The molecular weight excluding hydrogens is 376 g/mol. The van der Waals surface area contributed by atoms with Gasteiger partial charge in [-0.05, 0) is 31.0 Å². The number of aliphatic carboxylic acids is 1. The second-order valence-electron chi connectivity index (χ2n) is 7.46. The summed E-state index contributed by atoms with van der Waals surface area (Å²) in [6.07, 6.45) is 0. The molecule has 3 atom stereocenters. The number of hydrogen-bond acceptors (Lipinski definition) is 4. The summed E-state index contributed by atoms with van der Waals surface area (Å²) >= 11 is 1.41. The molecule has 0 saturated carbocycles. The highest BCUT2D eigenvalue weighted by atomic mass is 32.2. The van der Waals surface area contributed by atoms with Gasteiger partial charge in [0.1, 0.15) is 17.5 Å². The first-order chi connectivity index (χ1) is 13.3. The number of carboxylic acid groups (broad SMARTS) is 1. The summed E-state index contributed by atoms with van der Waals surface area (Å²) in [5.41, 5.74) is 2.18. The molecule has 4 rings (SSSR count). The molecular formula is C21H20N2O4S. The lowest BCUT2D eigenvalue weighted by Gasteiger charge is -2.43. The van der Waals surface area contributed by atoms with Gasteiger partial charge in [0.05, 0.1) is 0 Å². The molecule has 144 valence electrons. The predicted octanol–water partition coefficient (Wildman–Crippen LogP) is 2.60. The number of carboxylic acids is 1.